The van der Waals surface area contributed by atoms with E-state index in [4.69, 9.17) is 15.8 Å². The van der Waals surface area contributed by atoms with E-state index in [0.29, 0.717) is 11.3 Å². The maximum absolute atomic E-state index is 13.0. The van der Waals surface area contributed by atoms with Gasteiger partial charge in [0.25, 0.3) is 11.8 Å². The number of amides is 4. The van der Waals surface area contributed by atoms with Crippen LogP contribution in [-0.2, 0) is 19.7 Å². The zero-order chi connectivity index (χ0) is 25.3. The Balaban J connectivity index is 1.61. The Kier molecular flexibility index (Phi) is 6.47. The first-order chi connectivity index (χ1) is 16.5. The minimum atomic E-state index is -4.12. The lowest BCUT2D eigenvalue weighted by Gasteiger charge is -2.26. The fraction of sp³-hybridized carbons (Fsp3) is 0.0800. The first-order valence-corrected chi connectivity index (χ1v) is 12.1. The molecule has 178 valence electrons. The van der Waals surface area contributed by atoms with Crippen molar-refractivity contribution in [3.63, 3.8) is 0 Å². The Hall–Kier alpha value is -3.95. The Morgan fingerprint density at radius 2 is 1.49 bits per heavy atom. The lowest BCUT2D eigenvalue weighted by Crippen LogP contribution is -2.54. The molecule has 8 nitrogen and oxygen atoms in total. The lowest BCUT2D eigenvalue weighted by atomic mass is 10.1. The normalized spacial score (nSPS) is 15.3. The maximum Gasteiger partial charge on any atom is 0.339 e. The summed E-state index contributed by atoms with van der Waals surface area (Å²) in [6, 6.07) is 16.0. The van der Waals surface area contributed by atoms with Crippen molar-refractivity contribution in [2.75, 3.05) is 4.90 Å². The molecule has 0 aliphatic carbocycles. The zero-order valence-electron chi connectivity index (χ0n) is 18.6. The second-order valence-corrected chi connectivity index (χ2v) is 9.79. The topological polar surface area (TPSA) is 110 Å². The van der Waals surface area contributed by atoms with E-state index in [1.807, 2.05) is 13.8 Å². The molecule has 0 radical (unpaired) electrons. The number of carbonyl (C=O) groups is 3. The van der Waals surface area contributed by atoms with Crippen LogP contribution in [0.5, 0.6) is 5.75 Å². The van der Waals surface area contributed by atoms with Gasteiger partial charge >= 0.3 is 16.1 Å². The van der Waals surface area contributed by atoms with Crippen LogP contribution in [0.3, 0.4) is 0 Å². The molecule has 1 N–H and O–H groups in total. The molecule has 0 saturated carbocycles. The van der Waals surface area contributed by atoms with Gasteiger partial charge in [0.1, 0.15) is 10.5 Å². The van der Waals surface area contributed by atoms with E-state index in [1.54, 1.807) is 36.4 Å². The third kappa shape index (κ3) is 5.11. The van der Waals surface area contributed by atoms with E-state index in [0.717, 1.165) is 16.0 Å². The molecule has 3 aromatic carbocycles. The van der Waals surface area contributed by atoms with Gasteiger partial charge in [-0.3, -0.25) is 14.9 Å². The smallest absolute Gasteiger partial charge is 0.339 e. The molecule has 35 heavy (non-hydrogen) atoms. The van der Waals surface area contributed by atoms with E-state index in [2.05, 4.69) is 5.32 Å². The van der Waals surface area contributed by atoms with Crippen molar-refractivity contribution in [1.29, 1.82) is 0 Å². The quantitative estimate of drug-likeness (QED) is 0.309. The Bertz CT molecular complexity index is 1480. The number of nitrogens with one attached hydrogen (secondary N) is 1. The van der Waals surface area contributed by atoms with Gasteiger partial charge in [0.05, 0.1) is 10.7 Å². The largest absolute Gasteiger partial charge is 0.377 e. The summed E-state index contributed by atoms with van der Waals surface area (Å²) in [7, 11) is -4.12. The molecule has 1 saturated heterocycles. The standard InChI is InChI=1S/C25H19ClN2O6S/c1-15-3-8-18(9-4-15)28-24(30)20(23(29)27-25(28)31)13-17-7-12-22(21(26)14-17)34-35(32,33)19-10-5-16(2)6-11-19/h3-14H,1-2H3,(H,27,29,31)/b20-13+. The van der Waals surface area contributed by atoms with Gasteiger partial charge in [-0.15, -0.1) is 0 Å². The number of halogens is 1. The number of hydrogen-bond donors (Lipinski definition) is 1. The number of benzene rings is 3. The molecule has 0 aromatic heterocycles. The fourth-order valence-electron chi connectivity index (χ4n) is 3.30. The number of barbiturate groups is 1. The summed E-state index contributed by atoms with van der Waals surface area (Å²) in [5.41, 5.74) is 2.17. The highest BCUT2D eigenvalue weighted by Gasteiger charge is 2.36. The van der Waals surface area contributed by atoms with Gasteiger partial charge in [0, 0.05) is 0 Å². The van der Waals surface area contributed by atoms with E-state index in [1.165, 1.54) is 36.4 Å². The van der Waals surface area contributed by atoms with Gasteiger partial charge in [0.2, 0.25) is 0 Å². The average molecular weight is 511 g/mol. The number of rotatable bonds is 5. The Morgan fingerprint density at radius 1 is 0.886 bits per heavy atom. The lowest BCUT2D eigenvalue weighted by molar-refractivity contribution is -0.122. The van der Waals surface area contributed by atoms with E-state index >= 15 is 0 Å². The molecule has 1 heterocycles. The Morgan fingerprint density at radius 3 is 2.09 bits per heavy atom. The fourth-order valence-corrected chi connectivity index (χ4v) is 4.52. The van der Waals surface area contributed by atoms with Crippen molar-refractivity contribution in [1.82, 2.24) is 5.32 Å². The first kappa shape index (κ1) is 24.2. The van der Waals surface area contributed by atoms with Gasteiger partial charge < -0.3 is 4.18 Å². The van der Waals surface area contributed by atoms with Crippen molar-refractivity contribution in [2.45, 2.75) is 18.7 Å². The molecule has 10 heteroatoms. The average Bonchev–Trinajstić information content (AvgIpc) is 2.80. The summed E-state index contributed by atoms with van der Waals surface area (Å²) in [4.78, 5) is 38.5. The Labute approximate surface area is 206 Å². The minimum absolute atomic E-state index is 0.0318. The second kappa shape index (κ2) is 9.36. The summed E-state index contributed by atoms with van der Waals surface area (Å²) in [5.74, 6) is -1.78. The van der Waals surface area contributed by atoms with Crippen LogP contribution in [0.1, 0.15) is 16.7 Å². The summed E-state index contributed by atoms with van der Waals surface area (Å²) >= 11 is 6.23. The van der Waals surface area contributed by atoms with E-state index < -0.39 is 28.0 Å². The van der Waals surface area contributed by atoms with Gasteiger partial charge in [-0.2, -0.15) is 8.42 Å². The number of urea groups is 1. The number of nitrogens with zero attached hydrogens (tertiary/aromatic N) is 1. The molecule has 1 aliphatic rings. The molecule has 1 fully saturated rings. The van der Waals surface area contributed by atoms with Crippen LogP contribution in [0.2, 0.25) is 5.02 Å². The minimum Gasteiger partial charge on any atom is -0.377 e. The van der Waals surface area contributed by atoms with Crippen LogP contribution in [0, 0.1) is 13.8 Å². The summed E-state index contributed by atoms with van der Waals surface area (Å²) < 4.78 is 30.3. The molecular formula is C25H19ClN2O6S. The van der Waals surface area contributed by atoms with E-state index in [-0.39, 0.29) is 21.2 Å². The second-order valence-electron chi connectivity index (χ2n) is 7.83. The molecule has 0 unspecified atom stereocenters. The number of aryl methyl sites for hydroxylation is 2. The molecule has 1 aliphatic heterocycles. The van der Waals surface area contributed by atoms with Crippen molar-refractivity contribution >= 4 is 51.3 Å². The van der Waals surface area contributed by atoms with Crippen LogP contribution < -0.4 is 14.4 Å². The number of hydrogen-bond acceptors (Lipinski definition) is 6. The molecule has 0 atom stereocenters. The van der Waals surface area contributed by atoms with Crippen LogP contribution in [0.25, 0.3) is 6.08 Å². The first-order valence-electron chi connectivity index (χ1n) is 10.3. The van der Waals surface area contributed by atoms with Gasteiger partial charge in [-0.1, -0.05) is 53.1 Å². The van der Waals surface area contributed by atoms with Crippen LogP contribution in [0.15, 0.2) is 77.2 Å². The van der Waals surface area contributed by atoms with Crippen molar-refractivity contribution in [2.24, 2.45) is 0 Å². The number of carbonyl (C=O) groups excluding carboxylic acids is 3. The molecule has 3 aromatic rings. The molecule has 4 amide bonds. The highest BCUT2D eigenvalue weighted by atomic mass is 35.5. The highest BCUT2D eigenvalue weighted by molar-refractivity contribution is 7.87. The predicted octanol–water partition coefficient (Wildman–Crippen LogP) is 4.39. The SMILES string of the molecule is Cc1ccc(N2C(=O)NC(=O)/C(=C\c3ccc(OS(=O)(=O)c4ccc(C)cc4)c(Cl)c3)C2=O)cc1. The van der Waals surface area contributed by atoms with Gasteiger partial charge in [-0.25, -0.2) is 9.69 Å². The van der Waals surface area contributed by atoms with E-state index in [9.17, 15) is 22.8 Å². The van der Waals surface area contributed by atoms with Gasteiger partial charge in [0.15, 0.2) is 5.75 Å². The third-order valence-electron chi connectivity index (χ3n) is 5.17. The summed E-state index contributed by atoms with van der Waals surface area (Å²) in [6.07, 6.45) is 1.26. The van der Waals surface area contributed by atoms with Crippen LogP contribution >= 0.6 is 11.6 Å². The molecule has 4 rings (SSSR count). The molecule has 0 bridgehead atoms. The maximum atomic E-state index is 13.0. The summed E-state index contributed by atoms with van der Waals surface area (Å²) in [5, 5.41) is 2.09. The van der Waals surface area contributed by atoms with Crippen molar-refractivity contribution in [3.05, 3.63) is 94.0 Å². The van der Waals surface area contributed by atoms with Crippen molar-refractivity contribution < 1.29 is 27.0 Å². The van der Waals surface area contributed by atoms with Crippen molar-refractivity contribution in [3.8, 4) is 5.75 Å². The van der Waals surface area contributed by atoms with Gasteiger partial charge in [-0.05, 0) is 61.9 Å². The van der Waals surface area contributed by atoms with Crippen LogP contribution in [-0.4, -0.2) is 26.3 Å². The predicted molar refractivity (Wildman–Crippen MR) is 131 cm³/mol. The summed E-state index contributed by atoms with van der Waals surface area (Å²) in [6.45, 7) is 3.69. The third-order valence-corrected chi connectivity index (χ3v) is 6.71. The monoisotopic (exact) mass is 510 g/mol. The zero-order valence-corrected chi connectivity index (χ0v) is 20.2. The molecular weight excluding hydrogens is 492 g/mol. The van der Waals surface area contributed by atoms with Crippen LogP contribution in [0.4, 0.5) is 10.5 Å². The molecule has 0 spiro atoms. The number of imide groups is 2. The highest BCUT2D eigenvalue weighted by Crippen LogP contribution is 2.30. The number of anilines is 1.